The Morgan fingerprint density at radius 3 is 2.19 bits per heavy atom. The molecule has 1 unspecified atom stereocenters. The summed E-state index contributed by atoms with van der Waals surface area (Å²) in [6, 6.07) is 0.372. The fourth-order valence-corrected chi connectivity index (χ4v) is 2.17. The van der Waals surface area contributed by atoms with Crippen LogP contribution in [-0.4, -0.2) is 58.6 Å². The lowest BCUT2D eigenvalue weighted by molar-refractivity contribution is 0.309. The SMILES string of the molecule is CC(C)CC(CN(C)C)NCCS(C)(=O)=O. The van der Waals surface area contributed by atoms with Crippen LogP contribution in [0.3, 0.4) is 0 Å². The summed E-state index contributed by atoms with van der Waals surface area (Å²) >= 11 is 0. The van der Waals surface area contributed by atoms with Crippen molar-refractivity contribution in [3.05, 3.63) is 0 Å². The minimum atomic E-state index is -2.85. The van der Waals surface area contributed by atoms with Crippen molar-refractivity contribution < 1.29 is 8.42 Å². The summed E-state index contributed by atoms with van der Waals surface area (Å²) < 4.78 is 22.0. The fourth-order valence-electron chi connectivity index (χ4n) is 1.68. The van der Waals surface area contributed by atoms with Crippen LogP contribution in [0.5, 0.6) is 0 Å². The van der Waals surface area contributed by atoms with Crippen LogP contribution in [0.1, 0.15) is 20.3 Å². The number of sulfone groups is 1. The number of hydrogen-bond acceptors (Lipinski definition) is 4. The standard InChI is InChI=1S/C11H26N2O2S/c1-10(2)8-11(9-13(3)4)12-6-7-16(5,14)15/h10-12H,6-9H2,1-5H3. The molecule has 0 bridgehead atoms. The van der Waals surface area contributed by atoms with Gasteiger partial charge in [0.25, 0.3) is 0 Å². The van der Waals surface area contributed by atoms with Crippen LogP contribution >= 0.6 is 0 Å². The first-order valence-electron chi connectivity index (χ1n) is 5.76. The maximum atomic E-state index is 11.0. The Balaban J connectivity index is 4.01. The highest BCUT2D eigenvalue weighted by Gasteiger charge is 2.12. The van der Waals surface area contributed by atoms with Gasteiger partial charge in [-0.1, -0.05) is 13.8 Å². The molecule has 5 heteroatoms. The fraction of sp³-hybridized carbons (Fsp3) is 1.00. The van der Waals surface area contributed by atoms with E-state index < -0.39 is 9.84 Å². The summed E-state index contributed by atoms with van der Waals surface area (Å²) in [6.07, 6.45) is 2.35. The number of rotatable bonds is 8. The molecule has 4 nitrogen and oxygen atoms in total. The van der Waals surface area contributed by atoms with Gasteiger partial charge < -0.3 is 10.2 Å². The van der Waals surface area contributed by atoms with E-state index in [9.17, 15) is 8.42 Å². The molecule has 0 aromatic heterocycles. The summed E-state index contributed by atoms with van der Waals surface area (Å²) in [7, 11) is 1.21. The number of nitrogens with zero attached hydrogens (tertiary/aromatic N) is 1. The van der Waals surface area contributed by atoms with E-state index in [1.807, 2.05) is 14.1 Å². The average molecular weight is 250 g/mol. The van der Waals surface area contributed by atoms with E-state index in [0.29, 0.717) is 18.5 Å². The first kappa shape index (κ1) is 15.9. The minimum absolute atomic E-state index is 0.217. The van der Waals surface area contributed by atoms with Crippen molar-refractivity contribution >= 4 is 9.84 Å². The van der Waals surface area contributed by atoms with Crippen LogP contribution in [0.4, 0.5) is 0 Å². The quantitative estimate of drug-likeness (QED) is 0.685. The third-order valence-electron chi connectivity index (χ3n) is 2.25. The zero-order chi connectivity index (χ0) is 12.8. The summed E-state index contributed by atoms with van der Waals surface area (Å²) in [5.41, 5.74) is 0. The zero-order valence-electron chi connectivity index (χ0n) is 11.2. The van der Waals surface area contributed by atoms with Crippen LogP contribution in [0.15, 0.2) is 0 Å². The van der Waals surface area contributed by atoms with Gasteiger partial charge in [-0.2, -0.15) is 0 Å². The van der Waals surface area contributed by atoms with Crippen molar-refractivity contribution in [3.8, 4) is 0 Å². The molecule has 0 aromatic carbocycles. The van der Waals surface area contributed by atoms with Gasteiger partial charge in [0.2, 0.25) is 0 Å². The Morgan fingerprint density at radius 2 is 1.81 bits per heavy atom. The molecule has 0 aliphatic rings. The second-order valence-electron chi connectivity index (χ2n) is 5.17. The molecule has 0 aliphatic heterocycles. The molecule has 1 N–H and O–H groups in total. The van der Waals surface area contributed by atoms with Crippen molar-refractivity contribution in [2.75, 3.05) is 39.2 Å². The summed E-state index contributed by atoms with van der Waals surface area (Å²) in [5, 5.41) is 3.32. The maximum absolute atomic E-state index is 11.0. The summed E-state index contributed by atoms with van der Waals surface area (Å²) in [5.74, 6) is 0.838. The molecule has 98 valence electrons. The van der Waals surface area contributed by atoms with Crippen molar-refractivity contribution in [3.63, 3.8) is 0 Å². The van der Waals surface area contributed by atoms with Crippen molar-refractivity contribution in [2.45, 2.75) is 26.3 Å². The van der Waals surface area contributed by atoms with Crippen LogP contribution in [-0.2, 0) is 9.84 Å². The molecule has 0 saturated carbocycles. The van der Waals surface area contributed by atoms with Gasteiger partial charge in [-0.25, -0.2) is 8.42 Å². The average Bonchev–Trinajstić information content (AvgIpc) is 1.98. The topological polar surface area (TPSA) is 49.4 Å². The molecule has 0 spiro atoms. The lowest BCUT2D eigenvalue weighted by Gasteiger charge is -2.23. The van der Waals surface area contributed by atoms with Gasteiger partial charge in [-0.15, -0.1) is 0 Å². The van der Waals surface area contributed by atoms with Gasteiger partial charge in [0.15, 0.2) is 0 Å². The normalized spacial score (nSPS) is 14.7. The van der Waals surface area contributed by atoms with E-state index in [2.05, 4.69) is 24.1 Å². The molecule has 0 heterocycles. The predicted octanol–water partition coefficient (Wildman–Crippen LogP) is 0.597. The maximum Gasteiger partial charge on any atom is 0.148 e. The highest BCUT2D eigenvalue weighted by atomic mass is 32.2. The van der Waals surface area contributed by atoms with Crippen LogP contribution < -0.4 is 5.32 Å². The van der Waals surface area contributed by atoms with Gasteiger partial charge >= 0.3 is 0 Å². The van der Waals surface area contributed by atoms with E-state index in [1.165, 1.54) is 6.26 Å². The van der Waals surface area contributed by atoms with Gasteiger partial charge in [0.1, 0.15) is 9.84 Å². The largest absolute Gasteiger partial charge is 0.312 e. The molecule has 0 fully saturated rings. The van der Waals surface area contributed by atoms with E-state index >= 15 is 0 Å². The molecular formula is C11H26N2O2S. The van der Waals surface area contributed by atoms with Crippen LogP contribution in [0.2, 0.25) is 0 Å². The molecule has 1 atom stereocenters. The second kappa shape index (κ2) is 7.25. The highest BCUT2D eigenvalue weighted by molar-refractivity contribution is 7.90. The number of likely N-dealkylation sites (N-methyl/N-ethyl adjacent to an activating group) is 1. The van der Waals surface area contributed by atoms with E-state index in [-0.39, 0.29) is 5.75 Å². The Kier molecular flexibility index (Phi) is 7.19. The van der Waals surface area contributed by atoms with Gasteiger partial charge in [0.05, 0.1) is 5.75 Å². The molecule has 16 heavy (non-hydrogen) atoms. The lowest BCUT2D eigenvalue weighted by atomic mass is 10.0. The molecule has 0 rings (SSSR count). The van der Waals surface area contributed by atoms with E-state index in [0.717, 1.165) is 13.0 Å². The Labute approximate surface area is 100 Å². The predicted molar refractivity (Wildman–Crippen MR) is 69.5 cm³/mol. The van der Waals surface area contributed by atoms with Crippen molar-refractivity contribution in [2.24, 2.45) is 5.92 Å². The third kappa shape index (κ3) is 10.4. The van der Waals surface area contributed by atoms with Gasteiger partial charge in [-0.05, 0) is 26.4 Å². The molecule has 0 aliphatic carbocycles. The summed E-state index contributed by atoms with van der Waals surface area (Å²) in [4.78, 5) is 2.13. The second-order valence-corrected chi connectivity index (χ2v) is 7.43. The lowest BCUT2D eigenvalue weighted by Crippen LogP contribution is -2.41. The third-order valence-corrected chi connectivity index (χ3v) is 3.19. The smallest absolute Gasteiger partial charge is 0.148 e. The Morgan fingerprint density at radius 1 is 1.25 bits per heavy atom. The molecule has 0 amide bonds. The Hall–Kier alpha value is -0.130. The van der Waals surface area contributed by atoms with E-state index in [1.54, 1.807) is 0 Å². The Bertz CT molecular complexity index is 264. The molecule has 0 radical (unpaired) electrons. The van der Waals surface area contributed by atoms with E-state index in [4.69, 9.17) is 0 Å². The minimum Gasteiger partial charge on any atom is -0.312 e. The first-order chi connectivity index (χ1) is 7.20. The monoisotopic (exact) mass is 250 g/mol. The molecule has 0 aromatic rings. The highest BCUT2D eigenvalue weighted by Crippen LogP contribution is 2.05. The van der Waals surface area contributed by atoms with Crippen LogP contribution in [0.25, 0.3) is 0 Å². The van der Waals surface area contributed by atoms with Crippen molar-refractivity contribution in [1.29, 1.82) is 0 Å². The zero-order valence-corrected chi connectivity index (χ0v) is 12.0. The van der Waals surface area contributed by atoms with Crippen molar-refractivity contribution in [1.82, 2.24) is 10.2 Å². The van der Waals surface area contributed by atoms with Gasteiger partial charge in [0, 0.05) is 25.4 Å². The number of hydrogen-bond donors (Lipinski definition) is 1. The van der Waals surface area contributed by atoms with Crippen LogP contribution in [0, 0.1) is 5.92 Å². The number of nitrogens with one attached hydrogen (secondary N) is 1. The van der Waals surface area contributed by atoms with Gasteiger partial charge in [-0.3, -0.25) is 0 Å². The molecule has 0 saturated heterocycles. The first-order valence-corrected chi connectivity index (χ1v) is 7.82. The summed E-state index contributed by atoms with van der Waals surface area (Å²) in [6.45, 7) is 5.85. The molecular weight excluding hydrogens is 224 g/mol.